The maximum absolute atomic E-state index is 8.76. The van der Waals surface area contributed by atoms with Crippen molar-refractivity contribution in [2.75, 3.05) is 0 Å². The Morgan fingerprint density at radius 1 is 0.733 bits per heavy atom. The van der Waals surface area contributed by atoms with E-state index in [2.05, 4.69) is 145 Å². The minimum Gasteiger partial charge on any atom is 0 e. The Morgan fingerprint density at radius 2 is 1.45 bits per heavy atom. The van der Waals surface area contributed by atoms with Crippen LogP contribution in [0.3, 0.4) is 0 Å². The third-order valence-corrected chi connectivity index (χ3v) is 14.7. The quantitative estimate of drug-likeness (QED) is 0.123. The molecule has 0 fully saturated rings. The molecule has 305 valence electrons. The van der Waals surface area contributed by atoms with Crippen molar-refractivity contribution in [1.29, 1.82) is 0 Å². The second-order valence-corrected chi connectivity index (χ2v) is 28.9. The largest absolute Gasteiger partial charge is 0 e. The number of hydrogen-bond acceptors (Lipinski definition) is 3. The standard InChI is InChI=1S/C35H27N2O.C19H26GeN.Ir/c1-35(2,3)28-19-12-16-24(23-13-5-4-6-14-23)32(28)37-30-21-9-8-20-29(30)36-34(37)27-18-11-17-26-25-15-7-10-22-31(25)38-33(26)27;1-19(2,3)13-16-12-18(15-10-8-7-9-11-15)21-14-17(16)20(4,5)6;/h4-17,19-22H,1-3H3;7-10,12,14H,13H2,1-6H3;/q2*-1;/i;13D2;. The van der Waals surface area contributed by atoms with E-state index < -0.39 is 25.1 Å². The fourth-order valence-corrected chi connectivity index (χ4v) is 10.7. The SMILES string of the molecule is CC(C)(C)c1cccc(-c2ccccc2)c1-n1c(-c2[c-]ccc3c2oc2ccccc23)nc2ccccc21.[2H]C([2H])(c1cc(-c2[c-]cccc2)nc[c]1[Ge]([CH3])([CH3])[CH3])C(C)(C)C.[Ir]. The topological polar surface area (TPSA) is 43.9 Å². The molecule has 4 nitrogen and oxygen atoms in total. The minimum atomic E-state index is -2.24. The molecule has 0 aliphatic heterocycles. The summed E-state index contributed by atoms with van der Waals surface area (Å²) < 4.78 is 27.4. The van der Waals surface area contributed by atoms with Gasteiger partial charge in [0.25, 0.3) is 0 Å². The van der Waals surface area contributed by atoms with Gasteiger partial charge in [-0.05, 0) is 34.7 Å². The fraction of sp³-hybridized carbons (Fsp3) is 0.222. The van der Waals surface area contributed by atoms with E-state index in [1.165, 1.54) is 16.7 Å². The zero-order valence-corrected chi connectivity index (χ0v) is 40.4. The van der Waals surface area contributed by atoms with Gasteiger partial charge < -0.3 is 8.98 Å². The number of furan rings is 1. The Hall–Kier alpha value is -5.07. The number of fused-ring (bicyclic) bond motifs is 4. The normalized spacial score (nSPS) is 12.8. The smallest absolute Gasteiger partial charge is 0 e. The van der Waals surface area contributed by atoms with Crippen LogP contribution in [0.5, 0.6) is 0 Å². The molecule has 6 aromatic carbocycles. The summed E-state index contributed by atoms with van der Waals surface area (Å²) in [5, 5.41) is 2.17. The molecule has 0 saturated heterocycles. The average molecular weight is 1030 g/mol. The van der Waals surface area contributed by atoms with Crippen LogP contribution in [-0.2, 0) is 31.9 Å². The molecule has 3 aromatic heterocycles. The summed E-state index contributed by atoms with van der Waals surface area (Å²) in [5.74, 6) is 7.68. The van der Waals surface area contributed by atoms with Crippen LogP contribution < -0.4 is 4.40 Å². The van der Waals surface area contributed by atoms with Gasteiger partial charge in [0.05, 0.1) is 28.1 Å². The molecule has 9 rings (SSSR count). The number of imidazole rings is 1. The molecule has 1 radical (unpaired) electrons. The first-order chi connectivity index (χ1) is 28.9. The average Bonchev–Trinajstić information content (AvgIpc) is 3.82. The summed E-state index contributed by atoms with van der Waals surface area (Å²) in [5.41, 5.74) is 11.2. The molecule has 9 aromatic rings. The van der Waals surface area contributed by atoms with Crippen molar-refractivity contribution in [3.05, 3.63) is 169 Å². The van der Waals surface area contributed by atoms with Crippen molar-refractivity contribution in [2.24, 2.45) is 5.41 Å². The molecular formula is C54H53GeIrN3O-2. The maximum atomic E-state index is 8.76. The molecule has 6 heteroatoms. The molecule has 0 aliphatic carbocycles. The number of pyridine rings is 1. The Morgan fingerprint density at radius 3 is 2.17 bits per heavy atom. The first-order valence-electron chi connectivity index (χ1n) is 21.4. The third-order valence-electron chi connectivity index (χ3n) is 10.5. The van der Waals surface area contributed by atoms with E-state index >= 15 is 0 Å². The van der Waals surface area contributed by atoms with Crippen LogP contribution in [0.2, 0.25) is 17.3 Å². The number of rotatable bonds is 6. The van der Waals surface area contributed by atoms with E-state index in [0.29, 0.717) is 0 Å². The van der Waals surface area contributed by atoms with E-state index in [4.69, 9.17) is 12.1 Å². The number of aromatic nitrogens is 3. The molecule has 0 unspecified atom stereocenters. The van der Waals surface area contributed by atoms with Crippen molar-refractivity contribution in [2.45, 2.75) is 70.6 Å². The van der Waals surface area contributed by atoms with Gasteiger partial charge in [0.15, 0.2) is 0 Å². The number of nitrogens with zero attached hydrogens (tertiary/aromatic N) is 3. The van der Waals surface area contributed by atoms with Crippen molar-refractivity contribution in [1.82, 2.24) is 14.5 Å². The van der Waals surface area contributed by atoms with Gasteiger partial charge in [-0.1, -0.05) is 111 Å². The Bertz CT molecular complexity index is 3010. The molecule has 0 atom stereocenters. The van der Waals surface area contributed by atoms with Crippen LogP contribution in [0.4, 0.5) is 0 Å². The Kier molecular flexibility index (Phi) is 11.5. The van der Waals surface area contributed by atoms with E-state index in [-0.39, 0.29) is 25.5 Å². The molecule has 0 aliphatic rings. The monoisotopic (exact) mass is 1030 g/mol. The molecular weight excluding hydrogens is 971 g/mol. The summed E-state index contributed by atoms with van der Waals surface area (Å²) in [4.78, 5) is 9.83. The van der Waals surface area contributed by atoms with Crippen LogP contribution >= 0.6 is 0 Å². The molecule has 0 amide bonds. The molecule has 60 heavy (non-hydrogen) atoms. The van der Waals surface area contributed by atoms with Crippen molar-refractivity contribution >= 4 is 50.6 Å². The first-order valence-corrected chi connectivity index (χ1v) is 27.8. The zero-order chi connectivity index (χ0) is 43.3. The molecule has 0 bridgehead atoms. The van der Waals surface area contributed by atoms with Crippen LogP contribution in [0, 0.1) is 17.5 Å². The fourth-order valence-electron chi connectivity index (χ4n) is 7.78. The van der Waals surface area contributed by atoms with Gasteiger partial charge >= 0.3 is 135 Å². The molecule has 3 heterocycles. The van der Waals surface area contributed by atoms with E-state index in [9.17, 15) is 0 Å². The summed E-state index contributed by atoms with van der Waals surface area (Å²) in [7, 11) is 0. The van der Waals surface area contributed by atoms with Crippen molar-refractivity contribution in [3.63, 3.8) is 0 Å². The predicted octanol–water partition coefficient (Wildman–Crippen LogP) is 14.0. The summed E-state index contributed by atoms with van der Waals surface area (Å²) in [6, 6.07) is 54.2. The van der Waals surface area contributed by atoms with Gasteiger partial charge in [0, 0.05) is 31.1 Å². The molecule has 0 N–H and O–H groups in total. The van der Waals surface area contributed by atoms with Gasteiger partial charge in [0.1, 0.15) is 5.58 Å². The van der Waals surface area contributed by atoms with Crippen molar-refractivity contribution in [3.8, 4) is 39.5 Å². The predicted molar refractivity (Wildman–Crippen MR) is 251 cm³/mol. The van der Waals surface area contributed by atoms with E-state index in [1.807, 2.05) is 81.6 Å². The van der Waals surface area contributed by atoms with E-state index in [1.54, 1.807) is 0 Å². The number of hydrogen-bond donors (Lipinski definition) is 0. The summed E-state index contributed by atoms with van der Waals surface area (Å²) >= 11 is -2.24. The van der Waals surface area contributed by atoms with Crippen LogP contribution in [0.15, 0.2) is 150 Å². The van der Waals surface area contributed by atoms with Gasteiger partial charge in [-0.15, -0.1) is 18.2 Å². The Balaban J connectivity index is 0.000000208. The number of para-hydroxylation sites is 4. The molecule has 0 spiro atoms. The van der Waals surface area contributed by atoms with Crippen LogP contribution in [0.25, 0.3) is 72.4 Å². The Labute approximate surface area is 374 Å². The van der Waals surface area contributed by atoms with Gasteiger partial charge in [-0.3, -0.25) is 4.98 Å². The first kappa shape index (κ1) is 40.3. The maximum Gasteiger partial charge on any atom is 0 e. The van der Waals surface area contributed by atoms with Gasteiger partial charge in [-0.25, -0.2) is 0 Å². The second-order valence-electron chi connectivity index (χ2n) is 18.3. The number of benzene rings is 6. The van der Waals surface area contributed by atoms with Gasteiger partial charge in [-0.2, -0.15) is 0 Å². The van der Waals surface area contributed by atoms with Crippen LogP contribution in [0.1, 0.15) is 55.4 Å². The molecule has 0 saturated carbocycles. The minimum absolute atomic E-state index is 0. The second kappa shape index (κ2) is 17.1. The summed E-state index contributed by atoms with van der Waals surface area (Å²) in [6.45, 7) is 12.7. The van der Waals surface area contributed by atoms with E-state index in [0.717, 1.165) is 71.3 Å². The summed E-state index contributed by atoms with van der Waals surface area (Å²) in [6.07, 6.45) is 0.502. The van der Waals surface area contributed by atoms with Crippen LogP contribution in [-0.4, -0.2) is 27.8 Å². The van der Waals surface area contributed by atoms with Crippen molar-refractivity contribution < 1.29 is 27.3 Å². The zero-order valence-electron chi connectivity index (χ0n) is 37.9. The van der Waals surface area contributed by atoms with Gasteiger partial charge in [0.2, 0.25) is 0 Å². The third kappa shape index (κ3) is 8.86.